The lowest BCUT2D eigenvalue weighted by Crippen LogP contribution is -2.70. The standard InChI is InChI=1S/C29H39N5O2/c1-29(2,3)34(28(35)36)17-9-10-21(20-34)18-33-24-14-6-5-13-23(24)31-26(33)19-32(4)25-15-7-11-22-12-8-16-30-27(22)25/h5-6,8,12-14,16,21,25H,7,9-11,15,17-20H2,1-4H3/t21-,25+,34?/m0/s1. The lowest BCUT2D eigenvalue weighted by molar-refractivity contribution is -0.927. The topological polar surface area (TPSA) is 74.1 Å². The van der Waals surface area contributed by atoms with Crippen molar-refractivity contribution in [2.45, 2.75) is 77.5 Å². The van der Waals surface area contributed by atoms with Crippen molar-refractivity contribution in [2.24, 2.45) is 5.92 Å². The predicted molar refractivity (Wildman–Crippen MR) is 139 cm³/mol. The van der Waals surface area contributed by atoms with E-state index in [9.17, 15) is 9.90 Å². The van der Waals surface area contributed by atoms with E-state index in [1.165, 1.54) is 17.7 Å². The summed E-state index contributed by atoms with van der Waals surface area (Å²) in [5, 5.41) is 12.4. The number of fused-ring (bicyclic) bond motifs is 2. The fourth-order valence-corrected chi connectivity index (χ4v) is 6.53. The zero-order chi connectivity index (χ0) is 25.5. The molecule has 2 aromatic heterocycles. The zero-order valence-electron chi connectivity index (χ0n) is 22.1. The van der Waals surface area contributed by atoms with E-state index in [0.29, 0.717) is 13.1 Å². The van der Waals surface area contributed by atoms with Crippen LogP contribution in [0.15, 0.2) is 42.6 Å². The van der Waals surface area contributed by atoms with Gasteiger partial charge in [-0.1, -0.05) is 18.2 Å². The van der Waals surface area contributed by atoms with Crippen molar-refractivity contribution in [3.8, 4) is 0 Å². The molecule has 0 radical (unpaired) electrons. The summed E-state index contributed by atoms with van der Waals surface area (Å²) >= 11 is 0. The number of piperidine rings is 1. The second kappa shape index (κ2) is 9.60. The third kappa shape index (κ3) is 4.43. The number of nitrogens with zero attached hydrogens (tertiary/aromatic N) is 5. The van der Waals surface area contributed by atoms with Crippen molar-refractivity contribution >= 4 is 17.1 Å². The molecule has 3 atom stereocenters. The molecule has 1 saturated heterocycles. The molecule has 1 unspecified atom stereocenters. The number of likely N-dealkylation sites (tertiary alicyclic amines) is 1. The lowest BCUT2D eigenvalue weighted by Gasteiger charge is -2.52. The quantitative estimate of drug-likeness (QED) is 0.500. The van der Waals surface area contributed by atoms with Gasteiger partial charge < -0.3 is 14.5 Å². The largest absolute Gasteiger partial charge is 0.498 e. The summed E-state index contributed by atoms with van der Waals surface area (Å²) in [6.45, 7) is 8.79. The molecule has 0 saturated carbocycles. The molecule has 1 aromatic carbocycles. The number of quaternary nitrogens is 1. The van der Waals surface area contributed by atoms with Crippen molar-refractivity contribution in [3.63, 3.8) is 0 Å². The molecule has 1 fully saturated rings. The van der Waals surface area contributed by atoms with Crippen molar-refractivity contribution in [1.29, 1.82) is 0 Å². The average Bonchev–Trinajstić information content (AvgIpc) is 3.19. The third-order valence-corrected chi connectivity index (χ3v) is 8.62. The first-order valence-corrected chi connectivity index (χ1v) is 13.4. The van der Waals surface area contributed by atoms with E-state index in [0.717, 1.165) is 55.6 Å². The minimum Gasteiger partial charge on any atom is -0.498 e. The summed E-state index contributed by atoms with van der Waals surface area (Å²) in [5.74, 6) is 1.28. The maximum absolute atomic E-state index is 12.4. The van der Waals surface area contributed by atoms with Gasteiger partial charge in [0, 0.05) is 18.7 Å². The van der Waals surface area contributed by atoms with Gasteiger partial charge in [0.2, 0.25) is 0 Å². The number of hydrogen-bond acceptors (Lipinski definition) is 5. The maximum Gasteiger partial charge on any atom is 0.257 e. The van der Waals surface area contributed by atoms with Crippen LogP contribution in [0.2, 0.25) is 0 Å². The van der Waals surface area contributed by atoms with E-state index >= 15 is 0 Å². The Morgan fingerprint density at radius 3 is 2.75 bits per heavy atom. The Hall–Kier alpha value is -2.77. The van der Waals surface area contributed by atoms with Gasteiger partial charge in [0.25, 0.3) is 6.09 Å². The van der Waals surface area contributed by atoms with E-state index < -0.39 is 11.6 Å². The molecule has 0 bridgehead atoms. The molecule has 5 rings (SSSR count). The van der Waals surface area contributed by atoms with Gasteiger partial charge in [-0.2, -0.15) is 0 Å². The van der Waals surface area contributed by atoms with Crippen LogP contribution in [0.4, 0.5) is 4.79 Å². The Morgan fingerprint density at radius 1 is 1.17 bits per heavy atom. The van der Waals surface area contributed by atoms with Crippen LogP contribution in [-0.4, -0.2) is 55.7 Å². The van der Waals surface area contributed by atoms with Crippen LogP contribution in [-0.2, 0) is 19.5 Å². The molecular weight excluding hydrogens is 450 g/mol. The van der Waals surface area contributed by atoms with Gasteiger partial charge >= 0.3 is 0 Å². The zero-order valence-corrected chi connectivity index (χ0v) is 22.1. The summed E-state index contributed by atoms with van der Waals surface area (Å²) in [6.07, 6.45) is 6.22. The number of aromatic nitrogens is 3. The van der Waals surface area contributed by atoms with Gasteiger partial charge in [-0.3, -0.25) is 14.4 Å². The Kier molecular flexibility index (Phi) is 6.64. The van der Waals surface area contributed by atoms with Crippen LogP contribution in [0, 0.1) is 5.92 Å². The van der Waals surface area contributed by atoms with Gasteiger partial charge in [0.05, 0.1) is 47.9 Å². The van der Waals surface area contributed by atoms with Gasteiger partial charge in [-0.05, 0) is 83.7 Å². The molecule has 1 aliphatic carbocycles. The molecular formula is C29H39N5O2. The highest BCUT2D eigenvalue weighted by atomic mass is 16.4. The monoisotopic (exact) mass is 489 g/mol. The van der Waals surface area contributed by atoms with Gasteiger partial charge in [-0.15, -0.1) is 0 Å². The maximum atomic E-state index is 12.4. The molecule has 0 N–H and O–H groups in total. The van der Waals surface area contributed by atoms with Crippen LogP contribution < -0.4 is 5.11 Å². The molecule has 7 heteroatoms. The highest BCUT2D eigenvalue weighted by Crippen LogP contribution is 2.35. The summed E-state index contributed by atoms with van der Waals surface area (Å²) in [7, 11) is 2.18. The number of aryl methyl sites for hydroxylation is 1. The number of amides is 1. The first-order chi connectivity index (χ1) is 17.2. The summed E-state index contributed by atoms with van der Waals surface area (Å²) in [4.78, 5) is 24.6. The van der Waals surface area contributed by atoms with Crippen LogP contribution in [0.5, 0.6) is 0 Å². The van der Waals surface area contributed by atoms with E-state index in [-0.39, 0.29) is 16.4 Å². The van der Waals surface area contributed by atoms with Gasteiger partial charge in [0.15, 0.2) is 0 Å². The number of benzene rings is 1. The summed E-state index contributed by atoms with van der Waals surface area (Å²) in [6, 6.07) is 12.8. The predicted octanol–water partition coefficient (Wildman–Crippen LogP) is 4.31. The van der Waals surface area contributed by atoms with Crippen molar-refractivity contribution in [3.05, 3.63) is 59.7 Å². The number of hydrogen-bond donors (Lipinski definition) is 0. The fourth-order valence-electron chi connectivity index (χ4n) is 6.53. The number of carbonyl (C=O) groups is 1. The molecule has 0 spiro atoms. The first kappa shape index (κ1) is 24.9. The Bertz CT molecular complexity index is 1250. The molecule has 36 heavy (non-hydrogen) atoms. The van der Waals surface area contributed by atoms with Crippen molar-refractivity contribution in [2.75, 3.05) is 20.1 Å². The van der Waals surface area contributed by atoms with Crippen LogP contribution in [0.1, 0.15) is 69.6 Å². The Balaban J connectivity index is 1.44. The van der Waals surface area contributed by atoms with Crippen LogP contribution >= 0.6 is 0 Å². The van der Waals surface area contributed by atoms with Crippen LogP contribution in [0.25, 0.3) is 11.0 Å². The van der Waals surface area contributed by atoms with Gasteiger partial charge in [0.1, 0.15) is 5.82 Å². The Labute approximate surface area is 214 Å². The number of para-hydroxylation sites is 2. The number of rotatable bonds is 5. The molecule has 3 aromatic rings. The highest BCUT2D eigenvalue weighted by molar-refractivity contribution is 5.75. The number of pyridine rings is 1. The molecule has 1 aliphatic heterocycles. The molecule has 2 aliphatic rings. The average molecular weight is 490 g/mol. The van der Waals surface area contributed by atoms with Gasteiger partial charge in [-0.25, -0.2) is 4.98 Å². The Morgan fingerprint density at radius 2 is 1.97 bits per heavy atom. The lowest BCUT2D eigenvalue weighted by atomic mass is 9.89. The van der Waals surface area contributed by atoms with Crippen molar-refractivity contribution in [1.82, 2.24) is 19.4 Å². The molecule has 3 heterocycles. The molecule has 192 valence electrons. The number of imidazole rings is 1. The van der Waals surface area contributed by atoms with Crippen molar-refractivity contribution < 1.29 is 14.4 Å². The fraction of sp³-hybridized carbons (Fsp3) is 0.552. The van der Waals surface area contributed by atoms with E-state index in [1.807, 2.05) is 39.1 Å². The molecule has 7 nitrogen and oxygen atoms in total. The SMILES string of the molecule is CN(Cc1nc2ccccc2n1C[C@@H]1CCC[N+](C(=O)[O-])(C(C)(C)C)C1)[C@@H]1CCCc2cccnc21. The summed E-state index contributed by atoms with van der Waals surface area (Å²) in [5.41, 5.74) is 4.27. The van der Waals surface area contributed by atoms with Crippen LogP contribution in [0.3, 0.4) is 0 Å². The number of carbonyl (C=O) groups excluding carboxylic acids is 1. The van der Waals surface area contributed by atoms with E-state index in [2.05, 4.69) is 40.8 Å². The smallest absolute Gasteiger partial charge is 0.257 e. The molecule has 1 amide bonds. The second-order valence-corrected chi connectivity index (χ2v) is 11.8. The van der Waals surface area contributed by atoms with E-state index in [1.54, 1.807) is 0 Å². The summed E-state index contributed by atoms with van der Waals surface area (Å²) < 4.78 is 2.36. The highest BCUT2D eigenvalue weighted by Gasteiger charge is 2.46. The third-order valence-electron chi connectivity index (χ3n) is 8.62. The number of carboxylic acid groups (broad SMARTS) is 1. The second-order valence-electron chi connectivity index (χ2n) is 11.8. The minimum absolute atomic E-state index is 0.0179. The first-order valence-electron chi connectivity index (χ1n) is 13.4. The minimum atomic E-state index is -0.953. The van der Waals surface area contributed by atoms with E-state index in [4.69, 9.17) is 9.97 Å². The normalized spacial score (nSPS) is 24.7.